The quantitative estimate of drug-likeness (QED) is 0.797. The van der Waals surface area contributed by atoms with Crippen LogP contribution < -0.4 is 5.32 Å². The standard InChI is InChI=1S/C9H13F2NOS/c1-6(9(10)11)12-4-8(13)7-2-3-14-5-7/h2-3,5-6,8-9,12-13H,4H2,1H3. The van der Waals surface area contributed by atoms with Gasteiger partial charge in [0.2, 0.25) is 0 Å². The lowest BCUT2D eigenvalue weighted by atomic mass is 10.2. The average molecular weight is 221 g/mol. The molecule has 0 saturated heterocycles. The molecule has 0 radical (unpaired) electrons. The van der Waals surface area contributed by atoms with Gasteiger partial charge in [-0.3, -0.25) is 0 Å². The fraction of sp³-hybridized carbons (Fsp3) is 0.556. The van der Waals surface area contributed by atoms with Gasteiger partial charge in [-0.05, 0) is 29.3 Å². The summed E-state index contributed by atoms with van der Waals surface area (Å²) in [6.45, 7) is 1.55. The Labute approximate surface area is 85.6 Å². The second-order valence-electron chi connectivity index (χ2n) is 3.10. The molecule has 0 aliphatic carbocycles. The van der Waals surface area contributed by atoms with E-state index in [2.05, 4.69) is 5.32 Å². The molecule has 0 fully saturated rings. The molecule has 1 aromatic heterocycles. The summed E-state index contributed by atoms with van der Waals surface area (Å²) in [5.74, 6) is 0. The van der Waals surface area contributed by atoms with Gasteiger partial charge in [0.1, 0.15) is 0 Å². The van der Waals surface area contributed by atoms with Gasteiger partial charge < -0.3 is 10.4 Å². The minimum atomic E-state index is -2.40. The maximum Gasteiger partial charge on any atom is 0.253 e. The topological polar surface area (TPSA) is 32.3 Å². The van der Waals surface area contributed by atoms with Gasteiger partial charge in [0.15, 0.2) is 0 Å². The van der Waals surface area contributed by atoms with Gasteiger partial charge in [0, 0.05) is 6.54 Å². The van der Waals surface area contributed by atoms with Crippen molar-refractivity contribution in [1.82, 2.24) is 5.32 Å². The van der Waals surface area contributed by atoms with E-state index >= 15 is 0 Å². The van der Waals surface area contributed by atoms with E-state index in [1.807, 2.05) is 5.38 Å². The second kappa shape index (κ2) is 5.38. The van der Waals surface area contributed by atoms with Crippen LogP contribution in [-0.4, -0.2) is 24.1 Å². The summed E-state index contributed by atoms with van der Waals surface area (Å²) in [4.78, 5) is 0. The van der Waals surface area contributed by atoms with Gasteiger partial charge in [-0.15, -0.1) is 0 Å². The van der Waals surface area contributed by atoms with E-state index in [1.165, 1.54) is 18.3 Å². The summed E-state index contributed by atoms with van der Waals surface area (Å²) in [6, 6.07) is 0.896. The number of hydrogen-bond donors (Lipinski definition) is 2. The third-order valence-corrected chi connectivity index (χ3v) is 2.64. The van der Waals surface area contributed by atoms with Crippen LogP contribution in [0.25, 0.3) is 0 Å². The maximum absolute atomic E-state index is 12.1. The second-order valence-corrected chi connectivity index (χ2v) is 3.88. The molecule has 5 heteroatoms. The Morgan fingerprint density at radius 1 is 1.57 bits per heavy atom. The minimum Gasteiger partial charge on any atom is -0.387 e. The highest BCUT2D eigenvalue weighted by Crippen LogP contribution is 2.15. The summed E-state index contributed by atoms with van der Waals surface area (Å²) in [5, 5.41) is 15.8. The lowest BCUT2D eigenvalue weighted by molar-refractivity contribution is 0.0932. The molecule has 0 aliphatic heterocycles. The van der Waals surface area contributed by atoms with Crippen molar-refractivity contribution >= 4 is 11.3 Å². The highest BCUT2D eigenvalue weighted by Gasteiger charge is 2.15. The minimum absolute atomic E-state index is 0.155. The number of alkyl halides is 2. The van der Waals surface area contributed by atoms with Crippen LogP contribution in [0.1, 0.15) is 18.6 Å². The van der Waals surface area contributed by atoms with Gasteiger partial charge in [0.05, 0.1) is 12.1 Å². The van der Waals surface area contributed by atoms with Gasteiger partial charge in [-0.2, -0.15) is 11.3 Å². The molecule has 80 valence electrons. The molecule has 0 aromatic carbocycles. The Kier molecular flexibility index (Phi) is 4.44. The van der Waals surface area contributed by atoms with Crippen molar-refractivity contribution in [2.75, 3.05) is 6.54 Å². The Hall–Kier alpha value is -0.520. The fourth-order valence-electron chi connectivity index (χ4n) is 0.969. The van der Waals surface area contributed by atoms with Crippen molar-refractivity contribution in [3.05, 3.63) is 22.4 Å². The molecular formula is C9H13F2NOS. The first-order chi connectivity index (χ1) is 6.61. The van der Waals surface area contributed by atoms with Crippen LogP contribution in [-0.2, 0) is 0 Å². The van der Waals surface area contributed by atoms with Crippen LogP contribution >= 0.6 is 11.3 Å². The van der Waals surface area contributed by atoms with Crippen LogP contribution in [0.15, 0.2) is 16.8 Å². The van der Waals surface area contributed by atoms with E-state index in [9.17, 15) is 13.9 Å². The number of aliphatic hydroxyl groups excluding tert-OH is 1. The van der Waals surface area contributed by atoms with Gasteiger partial charge in [-0.1, -0.05) is 0 Å². The SMILES string of the molecule is CC(NCC(O)c1ccsc1)C(F)F. The largest absolute Gasteiger partial charge is 0.387 e. The molecule has 2 nitrogen and oxygen atoms in total. The number of aliphatic hydroxyl groups is 1. The first kappa shape index (κ1) is 11.6. The molecule has 1 heterocycles. The molecule has 2 N–H and O–H groups in total. The summed E-state index contributed by atoms with van der Waals surface area (Å²) >= 11 is 1.47. The van der Waals surface area contributed by atoms with E-state index in [4.69, 9.17) is 0 Å². The molecule has 2 atom stereocenters. The van der Waals surface area contributed by atoms with Crippen molar-refractivity contribution in [3.63, 3.8) is 0 Å². The van der Waals surface area contributed by atoms with E-state index in [0.29, 0.717) is 0 Å². The predicted octanol–water partition coefficient (Wildman–Crippen LogP) is 2.02. The first-order valence-electron chi connectivity index (χ1n) is 4.33. The molecule has 2 unspecified atom stereocenters. The monoisotopic (exact) mass is 221 g/mol. The zero-order valence-electron chi connectivity index (χ0n) is 7.78. The number of nitrogens with one attached hydrogen (secondary N) is 1. The third-order valence-electron chi connectivity index (χ3n) is 1.94. The highest BCUT2D eigenvalue weighted by atomic mass is 32.1. The number of hydrogen-bond acceptors (Lipinski definition) is 3. The fourth-order valence-corrected chi connectivity index (χ4v) is 1.68. The molecule has 0 aliphatic rings. The highest BCUT2D eigenvalue weighted by molar-refractivity contribution is 7.07. The van der Waals surface area contributed by atoms with Crippen molar-refractivity contribution in [3.8, 4) is 0 Å². The van der Waals surface area contributed by atoms with Crippen molar-refractivity contribution < 1.29 is 13.9 Å². The zero-order valence-corrected chi connectivity index (χ0v) is 8.60. The van der Waals surface area contributed by atoms with Crippen LogP contribution in [0, 0.1) is 0 Å². The Morgan fingerprint density at radius 3 is 2.79 bits per heavy atom. The first-order valence-corrected chi connectivity index (χ1v) is 5.27. The van der Waals surface area contributed by atoms with Gasteiger partial charge >= 0.3 is 0 Å². The lowest BCUT2D eigenvalue weighted by Crippen LogP contribution is -2.35. The zero-order chi connectivity index (χ0) is 10.6. The molecule has 1 aromatic rings. The average Bonchev–Trinajstić information content (AvgIpc) is 2.66. The molecular weight excluding hydrogens is 208 g/mol. The van der Waals surface area contributed by atoms with Gasteiger partial charge in [-0.25, -0.2) is 8.78 Å². The van der Waals surface area contributed by atoms with E-state index < -0.39 is 18.6 Å². The molecule has 0 amide bonds. The van der Waals surface area contributed by atoms with E-state index in [-0.39, 0.29) is 6.54 Å². The van der Waals surface area contributed by atoms with Crippen LogP contribution in [0.2, 0.25) is 0 Å². The number of halogens is 2. The Bertz CT molecular complexity index is 253. The molecule has 14 heavy (non-hydrogen) atoms. The lowest BCUT2D eigenvalue weighted by Gasteiger charge is -2.15. The van der Waals surface area contributed by atoms with Crippen molar-refractivity contribution in [1.29, 1.82) is 0 Å². The van der Waals surface area contributed by atoms with Gasteiger partial charge in [0.25, 0.3) is 6.43 Å². The molecule has 1 rings (SSSR count). The number of thiophene rings is 1. The van der Waals surface area contributed by atoms with Crippen LogP contribution in [0.3, 0.4) is 0 Å². The van der Waals surface area contributed by atoms with Crippen molar-refractivity contribution in [2.45, 2.75) is 25.5 Å². The number of rotatable bonds is 5. The summed E-state index contributed by atoms with van der Waals surface area (Å²) in [5.41, 5.74) is 0.768. The van der Waals surface area contributed by atoms with Crippen LogP contribution in [0.5, 0.6) is 0 Å². The summed E-state index contributed by atoms with van der Waals surface area (Å²) in [6.07, 6.45) is -3.10. The smallest absolute Gasteiger partial charge is 0.253 e. The van der Waals surface area contributed by atoms with E-state index in [1.54, 1.807) is 11.4 Å². The summed E-state index contributed by atoms with van der Waals surface area (Å²) in [7, 11) is 0. The Balaban J connectivity index is 2.32. The molecule has 0 spiro atoms. The predicted molar refractivity (Wildman–Crippen MR) is 52.7 cm³/mol. The Morgan fingerprint density at radius 2 is 2.29 bits per heavy atom. The summed E-state index contributed by atoms with van der Waals surface area (Å²) < 4.78 is 24.2. The normalized spacial score (nSPS) is 15.8. The van der Waals surface area contributed by atoms with E-state index in [0.717, 1.165) is 5.56 Å². The van der Waals surface area contributed by atoms with Crippen molar-refractivity contribution in [2.24, 2.45) is 0 Å². The molecule has 0 bridgehead atoms. The van der Waals surface area contributed by atoms with Crippen LogP contribution in [0.4, 0.5) is 8.78 Å². The molecule has 0 saturated carbocycles. The maximum atomic E-state index is 12.1. The third kappa shape index (κ3) is 3.32.